The third-order valence-electron chi connectivity index (χ3n) is 4.67. The summed E-state index contributed by atoms with van der Waals surface area (Å²) in [4.78, 5) is 15.2. The Kier molecular flexibility index (Phi) is 6.84. The summed E-state index contributed by atoms with van der Waals surface area (Å²) in [6, 6.07) is 0.470. The first-order valence-electron chi connectivity index (χ1n) is 8.16. The zero-order valence-electron chi connectivity index (χ0n) is 13.1. The molecule has 1 aliphatic carbocycles. The predicted octanol–water partition coefficient (Wildman–Crippen LogP) is 3.32. The van der Waals surface area contributed by atoms with Gasteiger partial charge in [0.2, 0.25) is 5.91 Å². The van der Waals surface area contributed by atoms with Crippen LogP contribution in [-0.4, -0.2) is 29.9 Å². The summed E-state index contributed by atoms with van der Waals surface area (Å²) < 4.78 is 0. The molecule has 3 nitrogen and oxygen atoms in total. The maximum absolute atomic E-state index is 13.0. The highest BCUT2D eigenvalue weighted by Crippen LogP contribution is 2.34. The van der Waals surface area contributed by atoms with Gasteiger partial charge in [0, 0.05) is 19.1 Å². The number of carbonyl (C=O) groups excluding carboxylic acids is 1. The Balaban J connectivity index is 2.88. The lowest BCUT2D eigenvalue weighted by Gasteiger charge is -2.39. The molecule has 1 rings (SSSR count). The van der Waals surface area contributed by atoms with Gasteiger partial charge >= 0.3 is 0 Å². The van der Waals surface area contributed by atoms with E-state index in [1.807, 2.05) is 0 Å². The van der Waals surface area contributed by atoms with Crippen LogP contribution in [0.25, 0.3) is 0 Å². The SMILES string of the molecule is CCCC(CN)(CCC)C(=O)N(CC)C1CCCC1. The smallest absolute Gasteiger partial charge is 0.230 e. The Hall–Kier alpha value is -0.570. The summed E-state index contributed by atoms with van der Waals surface area (Å²) in [5.74, 6) is 0.327. The van der Waals surface area contributed by atoms with Crippen LogP contribution in [0.2, 0.25) is 0 Å². The summed E-state index contributed by atoms with van der Waals surface area (Å²) in [5, 5.41) is 0. The van der Waals surface area contributed by atoms with Crippen LogP contribution in [0.1, 0.15) is 72.1 Å². The summed E-state index contributed by atoms with van der Waals surface area (Å²) >= 11 is 0. The first-order valence-corrected chi connectivity index (χ1v) is 8.16. The van der Waals surface area contributed by atoms with Crippen LogP contribution in [0.4, 0.5) is 0 Å². The minimum absolute atomic E-state index is 0.303. The van der Waals surface area contributed by atoms with E-state index in [-0.39, 0.29) is 5.41 Å². The monoisotopic (exact) mass is 268 g/mol. The van der Waals surface area contributed by atoms with Crippen LogP contribution in [0.15, 0.2) is 0 Å². The van der Waals surface area contributed by atoms with Gasteiger partial charge in [0.05, 0.1) is 5.41 Å². The maximum atomic E-state index is 13.0. The van der Waals surface area contributed by atoms with Crippen molar-refractivity contribution in [2.24, 2.45) is 11.1 Å². The number of rotatable bonds is 8. The summed E-state index contributed by atoms with van der Waals surface area (Å²) in [7, 11) is 0. The molecule has 0 radical (unpaired) electrons. The van der Waals surface area contributed by atoms with Gasteiger partial charge in [0.25, 0.3) is 0 Å². The lowest BCUT2D eigenvalue weighted by atomic mass is 9.77. The van der Waals surface area contributed by atoms with Gasteiger partial charge in [-0.15, -0.1) is 0 Å². The molecule has 0 aromatic heterocycles. The molecule has 19 heavy (non-hydrogen) atoms. The largest absolute Gasteiger partial charge is 0.339 e. The van der Waals surface area contributed by atoms with Crippen molar-refractivity contribution in [3.63, 3.8) is 0 Å². The van der Waals surface area contributed by atoms with Crippen LogP contribution >= 0.6 is 0 Å². The van der Waals surface area contributed by atoms with E-state index in [4.69, 9.17) is 5.73 Å². The highest BCUT2D eigenvalue weighted by Gasteiger charge is 2.40. The molecule has 0 heterocycles. The van der Waals surface area contributed by atoms with Gasteiger partial charge in [0.15, 0.2) is 0 Å². The number of nitrogens with two attached hydrogens (primary N) is 1. The predicted molar refractivity (Wildman–Crippen MR) is 80.9 cm³/mol. The van der Waals surface area contributed by atoms with Gasteiger partial charge in [-0.25, -0.2) is 0 Å². The van der Waals surface area contributed by atoms with Crippen LogP contribution < -0.4 is 5.73 Å². The third-order valence-corrected chi connectivity index (χ3v) is 4.67. The van der Waals surface area contributed by atoms with E-state index in [1.54, 1.807) is 0 Å². The molecule has 1 amide bonds. The maximum Gasteiger partial charge on any atom is 0.230 e. The number of hydrogen-bond donors (Lipinski definition) is 1. The summed E-state index contributed by atoms with van der Waals surface area (Å²) in [6.45, 7) is 7.74. The number of amides is 1. The molecule has 0 spiro atoms. The van der Waals surface area contributed by atoms with Crippen molar-refractivity contribution in [1.29, 1.82) is 0 Å². The first-order chi connectivity index (χ1) is 9.15. The highest BCUT2D eigenvalue weighted by atomic mass is 16.2. The molecule has 0 saturated heterocycles. The highest BCUT2D eigenvalue weighted by molar-refractivity contribution is 5.83. The Morgan fingerprint density at radius 3 is 2.05 bits per heavy atom. The first kappa shape index (κ1) is 16.5. The van der Waals surface area contributed by atoms with Crippen molar-refractivity contribution in [3.05, 3.63) is 0 Å². The Morgan fingerprint density at radius 2 is 1.68 bits per heavy atom. The number of nitrogens with zero attached hydrogens (tertiary/aromatic N) is 1. The molecule has 0 unspecified atom stereocenters. The number of hydrogen-bond acceptors (Lipinski definition) is 2. The zero-order valence-corrected chi connectivity index (χ0v) is 13.1. The molecule has 0 aliphatic heterocycles. The molecule has 2 N–H and O–H groups in total. The second-order valence-corrected chi connectivity index (χ2v) is 6.01. The molecule has 0 aromatic rings. The van der Waals surface area contributed by atoms with Gasteiger partial charge in [-0.05, 0) is 32.6 Å². The fourth-order valence-corrected chi connectivity index (χ4v) is 3.68. The molecule has 112 valence electrons. The molecule has 0 bridgehead atoms. The topological polar surface area (TPSA) is 46.3 Å². The van der Waals surface area contributed by atoms with Crippen molar-refractivity contribution >= 4 is 5.91 Å². The van der Waals surface area contributed by atoms with Gasteiger partial charge in [0.1, 0.15) is 0 Å². The second kappa shape index (κ2) is 7.88. The summed E-state index contributed by atoms with van der Waals surface area (Å²) in [5.41, 5.74) is 5.72. The van der Waals surface area contributed by atoms with Crippen LogP contribution in [0, 0.1) is 5.41 Å². The van der Waals surface area contributed by atoms with Crippen molar-refractivity contribution in [2.75, 3.05) is 13.1 Å². The van der Waals surface area contributed by atoms with Crippen molar-refractivity contribution in [3.8, 4) is 0 Å². The standard InChI is InChI=1S/C16H32N2O/c1-4-11-16(13-17,12-5-2)15(19)18(6-3)14-9-7-8-10-14/h14H,4-13,17H2,1-3H3. The third kappa shape index (κ3) is 3.71. The van der Waals surface area contributed by atoms with Gasteiger partial charge < -0.3 is 10.6 Å². The molecule has 3 heteroatoms. The van der Waals surface area contributed by atoms with E-state index in [1.165, 1.54) is 25.7 Å². The number of carbonyl (C=O) groups is 1. The lowest BCUT2D eigenvalue weighted by molar-refractivity contribution is -0.145. The molecule has 0 aromatic carbocycles. The van der Waals surface area contributed by atoms with E-state index >= 15 is 0 Å². The fraction of sp³-hybridized carbons (Fsp3) is 0.938. The second-order valence-electron chi connectivity index (χ2n) is 6.01. The van der Waals surface area contributed by atoms with Crippen molar-refractivity contribution in [2.45, 2.75) is 78.2 Å². The minimum atomic E-state index is -0.303. The normalized spacial score (nSPS) is 16.8. The van der Waals surface area contributed by atoms with E-state index in [0.29, 0.717) is 18.5 Å². The quantitative estimate of drug-likeness (QED) is 0.734. The van der Waals surface area contributed by atoms with E-state index < -0.39 is 0 Å². The Labute approximate surface area is 118 Å². The molecule has 0 atom stereocenters. The molecule has 1 saturated carbocycles. The Bertz CT molecular complexity index is 266. The fourth-order valence-electron chi connectivity index (χ4n) is 3.68. The van der Waals surface area contributed by atoms with Gasteiger partial charge in [-0.2, -0.15) is 0 Å². The van der Waals surface area contributed by atoms with Gasteiger partial charge in [-0.1, -0.05) is 39.5 Å². The van der Waals surface area contributed by atoms with Crippen LogP contribution in [-0.2, 0) is 4.79 Å². The molecule has 1 fully saturated rings. The minimum Gasteiger partial charge on any atom is -0.339 e. The molecular formula is C16H32N2O. The molecular weight excluding hydrogens is 236 g/mol. The van der Waals surface area contributed by atoms with Gasteiger partial charge in [-0.3, -0.25) is 4.79 Å². The average molecular weight is 268 g/mol. The molecule has 1 aliphatic rings. The van der Waals surface area contributed by atoms with Crippen LogP contribution in [0.5, 0.6) is 0 Å². The zero-order chi connectivity index (χ0) is 14.3. The summed E-state index contributed by atoms with van der Waals surface area (Å²) in [6.07, 6.45) is 8.82. The van der Waals surface area contributed by atoms with E-state index in [9.17, 15) is 4.79 Å². The average Bonchev–Trinajstić information content (AvgIpc) is 2.93. The van der Waals surface area contributed by atoms with Crippen molar-refractivity contribution in [1.82, 2.24) is 4.90 Å². The van der Waals surface area contributed by atoms with Crippen LogP contribution in [0.3, 0.4) is 0 Å². The van der Waals surface area contributed by atoms with E-state index in [2.05, 4.69) is 25.7 Å². The van der Waals surface area contributed by atoms with Crippen molar-refractivity contribution < 1.29 is 4.79 Å². The van der Waals surface area contributed by atoms with E-state index in [0.717, 1.165) is 32.2 Å². The Morgan fingerprint density at radius 1 is 1.16 bits per heavy atom. The lowest BCUT2D eigenvalue weighted by Crippen LogP contribution is -2.51.